The molecule has 0 aromatic carbocycles. The monoisotopic (exact) mass is 198 g/mol. The van der Waals surface area contributed by atoms with E-state index in [1.807, 2.05) is 6.92 Å². The fourth-order valence-electron chi connectivity index (χ4n) is 1.10. The minimum absolute atomic E-state index is 0.177. The van der Waals surface area contributed by atoms with Crippen molar-refractivity contribution >= 4 is 0 Å². The van der Waals surface area contributed by atoms with Crippen LogP contribution in [-0.2, 0) is 0 Å². The standard InChI is InChI=1S/C9H17F3O/c1-3-4-5-8(13)6-7(2)9(10,11)12/h7-8,13H,3-6H2,1-2H3. The van der Waals surface area contributed by atoms with Crippen LogP contribution >= 0.6 is 0 Å². The molecule has 0 amide bonds. The van der Waals surface area contributed by atoms with Crippen LogP contribution in [0, 0.1) is 5.92 Å². The smallest absolute Gasteiger partial charge is 0.391 e. The van der Waals surface area contributed by atoms with Crippen molar-refractivity contribution in [1.29, 1.82) is 0 Å². The highest BCUT2D eigenvalue weighted by molar-refractivity contribution is 4.67. The van der Waals surface area contributed by atoms with Crippen molar-refractivity contribution in [1.82, 2.24) is 0 Å². The summed E-state index contributed by atoms with van der Waals surface area (Å²) in [7, 11) is 0. The summed E-state index contributed by atoms with van der Waals surface area (Å²) >= 11 is 0. The maximum atomic E-state index is 12.0. The number of aliphatic hydroxyl groups is 1. The van der Waals surface area contributed by atoms with Crippen LogP contribution < -0.4 is 0 Å². The second-order valence-electron chi connectivity index (χ2n) is 3.47. The molecule has 0 aliphatic carbocycles. The number of aliphatic hydroxyl groups excluding tert-OH is 1. The van der Waals surface area contributed by atoms with Gasteiger partial charge >= 0.3 is 6.18 Å². The Hall–Kier alpha value is -0.250. The van der Waals surface area contributed by atoms with Crippen molar-refractivity contribution in [3.63, 3.8) is 0 Å². The molecule has 0 radical (unpaired) electrons. The predicted octanol–water partition coefficient (Wildman–Crippen LogP) is 3.13. The van der Waals surface area contributed by atoms with E-state index in [4.69, 9.17) is 0 Å². The first-order valence-electron chi connectivity index (χ1n) is 4.62. The number of hydrogen-bond donors (Lipinski definition) is 1. The van der Waals surface area contributed by atoms with E-state index >= 15 is 0 Å². The number of rotatable bonds is 5. The molecule has 1 N–H and O–H groups in total. The molecule has 0 aromatic heterocycles. The highest BCUT2D eigenvalue weighted by Gasteiger charge is 2.36. The Morgan fingerprint density at radius 1 is 1.31 bits per heavy atom. The molecular formula is C9H17F3O. The summed E-state index contributed by atoms with van der Waals surface area (Å²) in [5, 5.41) is 9.21. The molecule has 13 heavy (non-hydrogen) atoms. The summed E-state index contributed by atoms with van der Waals surface area (Å²) in [5.41, 5.74) is 0. The first kappa shape index (κ1) is 12.8. The zero-order valence-corrected chi connectivity index (χ0v) is 8.06. The fourth-order valence-corrected chi connectivity index (χ4v) is 1.10. The average molecular weight is 198 g/mol. The van der Waals surface area contributed by atoms with Gasteiger partial charge in [-0.1, -0.05) is 26.7 Å². The normalized spacial score (nSPS) is 17.1. The minimum Gasteiger partial charge on any atom is -0.393 e. The minimum atomic E-state index is -4.17. The molecule has 0 spiro atoms. The lowest BCUT2D eigenvalue weighted by Crippen LogP contribution is -2.24. The maximum absolute atomic E-state index is 12.0. The van der Waals surface area contributed by atoms with Crippen molar-refractivity contribution in [3.05, 3.63) is 0 Å². The molecule has 0 saturated carbocycles. The largest absolute Gasteiger partial charge is 0.393 e. The summed E-state index contributed by atoms with van der Waals surface area (Å²) < 4.78 is 36.1. The summed E-state index contributed by atoms with van der Waals surface area (Å²) in [4.78, 5) is 0. The first-order chi connectivity index (χ1) is 5.88. The van der Waals surface area contributed by atoms with E-state index < -0.39 is 18.2 Å². The van der Waals surface area contributed by atoms with Crippen molar-refractivity contribution in [2.24, 2.45) is 5.92 Å². The summed E-state index contributed by atoms with van der Waals surface area (Å²) in [6, 6.07) is 0. The molecule has 4 heteroatoms. The van der Waals surface area contributed by atoms with Gasteiger partial charge in [0.25, 0.3) is 0 Å². The van der Waals surface area contributed by atoms with Gasteiger partial charge < -0.3 is 5.11 Å². The van der Waals surface area contributed by atoms with Crippen LogP contribution in [0.2, 0.25) is 0 Å². The lowest BCUT2D eigenvalue weighted by molar-refractivity contribution is -0.176. The van der Waals surface area contributed by atoms with Gasteiger partial charge in [-0.3, -0.25) is 0 Å². The van der Waals surface area contributed by atoms with Crippen molar-refractivity contribution in [3.8, 4) is 0 Å². The number of alkyl halides is 3. The van der Waals surface area contributed by atoms with E-state index in [-0.39, 0.29) is 6.42 Å². The van der Waals surface area contributed by atoms with E-state index in [1.54, 1.807) is 0 Å². The van der Waals surface area contributed by atoms with Crippen molar-refractivity contribution in [2.75, 3.05) is 0 Å². The first-order valence-corrected chi connectivity index (χ1v) is 4.62. The summed E-state index contributed by atoms with van der Waals surface area (Å²) in [6.45, 7) is 3.05. The molecule has 0 fully saturated rings. The molecule has 80 valence electrons. The Kier molecular flexibility index (Phi) is 5.37. The Balaban J connectivity index is 3.71. The van der Waals surface area contributed by atoms with Gasteiger partial charge in [0.1, 0.15) is 0 Å². The van der Waals surface area contributed by atoms with Crippen LogP contribution in [0.1, 0.15) is 39.5 Å². The van der Waals surface area contributed by atoms with Gasteiger partial charge in [-0.15, -0.1) is 0 Å². The second-order valence-corrected chi connectivity index (χ2v) is 3.47. The van der Waals surface area contributed by atoms with Crippen molar-refractivity contribution in [2.45, 2.75) is 51.8 Å². The van der Waals surface area contributed by atoms with Gasteiger partial charge in [0, 0.05) is 0 Å². The molecule has 2 atom stereocenters. The Morgan fingerprint density at radius 2 is 1.85 bits per heavy atom. The van der Waals surface area contributed by atoms with Crippen molar-refractivity contribution < 1.29 is 18.3 Å². The van der Waals surface area contributed by atoms with Gasteiger partial charge in [-0.05, 0) is 12.8 Å². The van der Waals surface area contributed by atoms with Crippen LogP contribution in [-0.4, -0.2) is 17.4 Å². The average Bonchev–Trinajstić information content (AvgIpc) is 1.99. The molecule has 1 nitrogen and oxygen atoms in total. The molecule has 0 heterocycles. The van der Waals surface area contributed by atoms with Crippen LogP contribution in [0.5, 0.6) is 0 Å². The van der Waals surface area contributed by atoms with Gasteiger partial charge in [0.2, 0.25) is 0 Å². The molecule has 0 bridgehead atoms. The Labute approximate surface area is 76.9 Å². The highest BCUT2D eigenvalue weighted by atomic mass is 19.4. The number of unbranched alkanes of at least 4 members (excludes halogenated alkanes) is 1. The molecular weight excluding hydrogens is 181 g/mol. The lowest BCUT2D eigenvalue weighted by atomic mass is 10.00. The van der Waals surface area contributed by atoms with Gasteiger partial charge in [-0.25, -0.2) is 0 Å². The zero-order chi connectivity index (χ0) is 10.5. The molecule has 0 aliphatic heterocycles. The lowest BCUT2D eigenvalue weighted by Gasteiger charge is -2.18. The topological polar surface area (TPSA) is 20.2 Å². The van der Waals surface area contributed by atoms with Crippen LogP contribution in [0.3, 0.4) is 0 Å². The molecule has 0 aliphatic rings. The van der Waals surface area contributed by atoms with E-state index in [1.165, 1.54) is 0 Å². The van der Waals surface area contributed by atoms with E-state index in [0.717, 1.165) is 19.8 Å². The third kappa shape index (κ3) is 5.91. The third-order valence-electron chi connectivity index (χ3n) is 2.08. The van der Waals surface area contributed by atoms with Gasteiger partial charge in [-0.2, -0.15) is 13.2 Å². The summed E-state index contributed by atoms with van der Waals surface area (Å²) in [6.07, 6.45) is -3.01. The zero-order valence-electron chi connectivity index (χ0n) is 8.06. The van der Waals surface area contributed by atoms with E-state index in [9.17, 15) is 18.3 Å². The summed E-state index contributed by atoms with van der Waals surface area (Å²) in [5.74, 6) is -1.40. The van der Waals surface area contributed by atoms with Gasteiger partial charge in [0.15, 0.2) is 0 Å². The fraction of sp³-hybridized carbons (Fsp3) is 1.00. The molecule has 0 rings (SSSR count). The Morgan fingerprint density at radius 3 is 2.23 bits per heavy atom. The number of halogens is 3. The quantitative estimate of drug-likeness (QED) is 0.719. The molecule has 0 saturated heterocycles. The SMILES string of the molecule is CCCCC(O)CC(C)C(F)(F)F. The Bertz CT molecular complexity index is 133. The van der Waals surface area contributed by atoms with Crippen LogP contribution in [0.25, 0.3) is 0 Å². The van der Waals surface area contributed by atoms with E-state index in [2.05, 4.69) is 0 Å². The third-order valence-corrected chi connectivity index (χ3v) is 2.08. The highest BCUT2D eigenvalue weighted by Crippen LogP contribution is 2.29. The predicted molar refractivity (Wildman–Crippen MR) is 45.4 cm³/mol. The second kappa shape index (κ2) is 5.47. The molecule has 2 unspecified atom stereocenters. The van der Waals surface area contributed by atoms with Gasteiger partial charge in [0.05, 0.1) is 12.0 Å². The molecule has 0 aromatic rings. The van der Waals surface area contributed by atoms with Crippen LogP contribution in [0.4, 0.5) is 13.2 Å². The number of hydrogen-bond acceptors (Lipinski definition) is 1. The van der Waals surface area contributed by atoms with Crippen LogP contribution in [0.15, 0.2) is 0 Å². The maximum Gasteiger partial charge on any atom is 0.391 e. The van der Waals surface area contributed by atoms with E-state index in [0.29, 0.717) is 6.42 Å².